The van der Waals surface area contributed by atoms with Gasteiger partial charge in [0.05, 0.1) is 17.1 Å². The summed E-state index contributed by atoms with van der Waals surface area (Å²) in [4.78, 5) is 26.4. The third-order valence-electron chi connectivity index (χ3n) is 5.30. The van der Waals surface area contributed by atoms with E-state index in [0.29, 0.717) is 24.3 Å². The number of likely N-dealkylation sites (N-methyl/N-ethyl adjacent to an activating group) is 1. The SMILES string of the molecule is CN(CC(=O)Nc1ccccc1)C(=O)c1cccc(S(=O)(=O)N2CCc3ccccc32)c1. The van der Waals surface area contributed by atoms with Gasteiger partial charge in [0.25, 0.3) is 15.9 Å². The van der Waals surface area contributed by atoms with Gasteiger partial charge in [0, 0.05) is 24.8 Å². The van der Waals surface area contributed by atoms with Crippen LogP contribution in [0.4, 0.5) is 11.4 Å². The van der Waals surface area contributed by atoms with E-state index in [-0.39, 0.29) is 22.9 Å². The number of hydrogen-bond donors (Lipinski definition) is 1. The molecule has 1 heterocycles. The summed E-state index contributed by atoms with van der Waals surface area (Å²) in [5.41, 5.74) is 2.48. The number of hydrogen-bond acceptors (Lipinski definition) is 4. The first-order valence-electron chi connectivity index (χ1n) is 10.2. The fraction of sp³-hybridized carbons (Fsp3) is 0.167. The Balaban J connectivity index is 1.50. The zero-order valence-corrected chi connectivity index (χ0v) is 18.4. The van der Waals surface area contributed by atoms with Crippen molar-refractivity contribution in [3.05, 3.63) is 90.0 Å². The van der Waals surface area contributed by atoms with E-state index in [9.17, 15) is 18.0 Å². The van der Waals surface area contributed by atoms with Crippen LogP contribution in [0, 0.1) is 0 Å². The highest BCUT2D eigenvalue weighted by Gasteiger charge is 2.31. The molecule has 2 amide bonds. The number of nitrogens with one attached hydrogen (secondary N) is 1. The van der Waals surface area contributed by atoms with Crippen LogP contribution >= 0.6 is 0 Å². The smallest absolute Gasteiger partial charge is 0.264 e. The average Bonchev–Trinajstić information content (AvgIpc) is 3.24. The molecular formula is C24H23N3O4S. The Morgan fingerprint density at radius 1 is 0.969 bits per heavy atom. The van der Waals surface area contributed by atoms with Crippen LogP contribution in [0.25, 0.3) is 0 Å². The minimum Gasteiger partial charge on any atom is -0.332 e. The first kappa shape index (κ1) is 21.6. The Morgan fingerprint density at radius 2 is 1.69 bits per heavy atom. The lowest BCUT2D eigenvalue weighted by molar-refractivity contribution is -0.116. The molecule has 0 bridgehead atoms. The largest absolute Gasteiger partial charge is 0.332 e. The highest BCUT2D eigenvalue weighted by atomic mass is 32.2. The molecule has 3 aromatic rings. The molecule has 0 unspecified atom stereocenters. The summed E-state index contributed by atoms with van der Waals surface area (Å²) >= 11 is 0. The Bertz CT molecular complexity index is 1260. The van der Waals surface area contributed by atoms with Crippen LogP contribution in [-0.2, 0) is 21.2 Å². The topological polar surface area (TPSA) is 86.8 Å². The van der Waals surface area contributed by atoms with Gasteiger partial charge >= 0.3 is 0 Å². The van der Waals surface area contributed by atoms with Gasteiger partial charge in [0.15, 0.2) is 0 Å². The quantitative estimate of drug-likeness (QED) is 0.626. The van der Waals surface area contributed by atoms with Crippen LogP contribution in [-0.4, -0.2) is 45.3 Å². The van der Waals surface area contributed by atoms with Crippen LogP contribution in [0.3, 0.4) is 0 Å². The van der Waals surface area contributed by atoms with E-state index in [1.165, 1.54) is 28.4 Å². The van der Waals surface area contributed by atoms with Crippen LogP contribution < -0.4 is 9.62 Å². The van der Waals surface area contributed by atoms with Crippen LogP contribution in [0.15, 0.2) is 83.8 Å². The lowest BCUT2D eigenvalue weighted by atomic mass is 10.2. The normalized spacial score (nSPS) is 12.8. The number of carbonyl (C=O) groups excluding carboxylic acids is 2. The van der Waals surface area contributed by atoms with Crippen LogP contribution in [0.5, 0.6) is 0 Å². The molecule has 0 aliphatic carbocycles. The second kappa shape index (κ2) is 8.84. The van der Waals surface area contributed by atoms with E-state index < -0.39 is 15.9 Å². The summed E-state index contributed by atoms with van der Waals surface area (Å²) in [5.74, 6) is -0.781. The first-order chi connectivity index (χ1) is 15.4. The molecular weight excluding hydrogens is 426 g/mol. The van der Waals surface area contributed by atoms with Gasteiger partial charge in [0.1, 0.15) is 0 Å². The van der Waals surface area contributed by atoms with E-state index in [1.54, 1.807) is 42.5 Å². The monoisotopic (exact) mass is 449 g/mol. The third kappa shape index (κ3) is 4.36. The predicted octanol–water partition coefficient (Wildman–Crippen LogP) is 3.15. The van der Waals surface area contributed by atoms with Crippen molar-refractivity contribution in [1.82, 2.24) is 4.90 Å². The van der Waals surface area contributed by atoms with Crippen molar-refractivity contribution in [1.29, 1.82) is 0 Å². The zero-order valence-electron chi connectivity index (χ0n) is 17.6. The molecule has 0 radical (unpaired) electrons. The van der Waals surface area contributed by atoms with E-state index >= 15 is 0 Å². The van der Waals surface area contributed by atoms with Gasteiger partial charge in [0.2, 0.25) is 5.91 Å². The number of amides is 2. The molecule has 0 saturated heterocycles. The van der Waals surface area contributed by atoms with Gasteiger partial charge in [-0.3, -0.25) is 13.9 Å². The highest BCUT2D eigenvalue weighted by Crippen LogP contribution is 2.32. The maximum atomic E-state index is 13.3. The maximum Gasteiger partial charge on any atom is 0.264 e. The Morgan fingerprint density at radius 3 is 2.47 bits per heavy atom. The van der Waals surface area contributed by atoms with E-state index in [4.69, 9.17) is 0 Å². The summed E-state index contributed by atoms with van der Waals surface area (Å²) in [6.45, 7) is 0.198. The Hall–Kier alpha value is -3.65. The molecule has 1 aliphatic rings. The van der Waals surface area contributed by atoms with Crippen LogP contribution in [0.2, 0.25) is 0 Å². The molecule has 1 aliphatic heterocycles. The van der Waals surface area contributed by atoms with E-state index in [2.05, 4.69) is 5.32 Å². The van der Waals surface area contributed by atoms with Crippen molar-refractivity contribution in [2.24, 2.45) is 0 Å². The maximum absolute atomic E-state index is 13.3. The van der Waals surface area contributed by atoms with E-state index in [0.717, 1.165) is 5.56 Å². The molecule has 0 aromatic heterocycles. The van der Waals surface area contributed by atoms with Crippen molar-refractivity contribution < 1.29 is 18.0 Å². The van der Waals surface area contributed by atoms with Crippen molar-refractivity contribution in [3.63, 3.8) is 0 Å². The lowest BCUT2D eigenvalue weighted by Gasteiger charge is -2.21. The summed E-state index contributed by atoms with van der Waals surface area (Å²) in [5, 5.41) is 2.73. The van der Waals surface area contributed by atoms with Crippen LogP contribution in [0.1, 0.15) is 15.9 Å². The highest BCUT2D eigenvalue weighted by molar-refractivity contribution is 7.92. The fourth-order valence-corrected chi connectivity index (χ4v) is 5.25. The number of benzene rings is 3. The third-order valence-corrected chi connectivity index (χ3v) is 7.11. The molecule has 0 spiro atoms. The van der Waals surface area contributed by atoms with Crippen molar-refractivity contribution in [3.8, 4) is 0 Å². The molecule has 32 heavy (non-hydrogen) atoms. The average molecular weight is 450 g/mol. The molecule has 164 valence electrons. The molecule has 1 N–H and O–H groups in total. The first-order valence-corrected chi connectivity index (χ1v) is 11.6. The van der Waals surface area contributed by atoms with Gasteiger partial charge in [-0.05, 0) is 48.4 Å². The van der Waals surface area contributed by atoms with Gasteiger partial charge < -0.3 is 10.2 Å². The second-order valence-electron chi connectivity index (χ2n) is 7.56. The standard InChI is InChI=1S/C24H23N3O4S/c1-26(17-23(28)25-20-10-3-2-4-11-20)24(29)19-9-7-12-21(16-19)32(30,31)27-15-14-18-8-5-6-13-22(18)27/h2-13,16H,14-15,17H2,1H3,(H,25,28). The van der Waals surface area contributed by atoms with Gasteiger partial charge in [-0.2, -0.15) is 0 Å². The zero-order chi connectivity index (χ0) is 22.7. The number of sulfonamides is 1. The number of carbonyl (C=O) groups is 2. The van der Waals surface area contributed by atoms with Gasteiger partial charge in [-0.15, -0.1) is 0 Å². The molecule has 0 fully saturated rings. The number of anilines is 2. The summed E-state index contributed by atoms with van der Waals surface area (Å²) in [6, 6.07) is 22.3. The summed E-state index contributed by atoms with van der Waals surface area (Å²) in [7, 11) is -2.31. The van der Waals surface area contributed by atoms with Gasteiger partial charge in [-0.1, -0.05) is 42.5 Å². The lowest BCUT2D eigenvalue weighted by Crippen LogP contribution is -2.35. The van der Waals surface area contributed by atoms with Crippen molar-refractivity contribution in [2.45, 2.75) is 11.3 Å². The second-order valence-corrected chi connectivity index (χ2v) is 9.42. The van der Waals surface area contributed by atoms with Crippen molar-refractivity contribution in [2.75, 3.05) is 29.8 Å². The minimum atomic E-state index is -3.81. The van der Waals surface area contributed by atoms with Crippen molar-refractivity contribution >= 4 is 33.2 Å². The van der Waals surface area contributed by atoms with E-state index in [1.807, 2.05) is 24.3 Å². The number of rotatable bonds is 6. The Labute approximate surface area is 187 Å². The summed E-state index contributed by atoms with van der Waals surface area (Å²) < 4.78 is 27.9. The Kier molecular flexibility index (Phi) is 5.96. The molecule has 0 saturated carbocycles. The van der Waals surface area contributed by atoms with Gasteiger partial charge in [-0.25, -0.2) is 8.42 Å². The fourth-order valence-electron chi connectivity index (χ4n) is 3.70. The number of fused-ring (bicyclic) bond motifs is 1. The summed E-state index contributed by atoms with van der Waals surface area (Å²) in [6.07, 6.45) is 0.646. The number of para-hydroxylation sites is 2. The molecule has 3 aromatic carbocycles. The minimum absolute atomic E-state index is 0.0437. The molecule has 0 atom stereocenters. The molecule has 7 nitrogen and oxygen atoms in total. The predicted molar refractivity (Wildman–Crippen MR) is 123 cm³/mol. The molecule has 8 heteroatoms. The molecule has 4 rings (SSSR count). The number of nitrogens with zero attached hydrogens (tertiary/aromatic N) is 2.